The summed E-state index contributed by atoms with van der Waals surface area (Å²) >= 11 is 0. The molecule has 1 aliphatic carbocycles. The van der Waals surface area contributed by atoms with E-state index in [0.29, 0.717) is 6.04 Å². The van der Waals surface area contributed by atoms with Crippen molar-refractivity contribution in [3.63, 3.8) is 0 Å². The number of benzene rings is 1. The molecule has 22 heavy (non-hydrogen) atoms. The summed E-state index contributed by atoms with van der Waals surface area (Å²) in [6.07, 6.45) is 11.0. The fourth-order valence-electron chi connectivity index (χ4n) is 3.39. The van der Waals surface area contributed by atoms with E-state index in [1.54, 1.807) is 0 Å². The molecule has 3 rings (SSSR count). The maximum Gasteiger partial charge on any atom is 0.0651 e. The molecule has 4 nitrogen and oxygen atoms in total. The van der Waals surface area contributed by atoms with Crippen LogP contribution in [0.15, 0.2) is 24.4 Å². The molecular formula is C18H28N4. The summed E-state index contributed by atoms with van der Waals surface area (Å²) in [5.74, 6) is 0. The summed E-state index contributed by atoms with van der Waals surface area (Å²) in [5, 5.41) is 15.7. The second-order valence-electron chi connectivity index (χ2n) is 6.53. The minimum absolute atomic E-state index is 0.609. The zero-order chi connectivity index (χ0) is 15.2. The summed E-state index contributed by atoms with van der Waals surface area (Å²) in [6.45, 7) is 3.45. The summed E-state index contributed by atoms with van der Waals surface area (Å²) in [6, 6.07) is 7.78. The van der Waals surface area contributed by atoms with Crippen LogP contribution in [-0.4, -0.2) is 28.8 Å². The molecule has 1 aromatic heterocycles. The van der Waals surface area contributed by atoms with E-state index < -0.39 is 0 Å². The van der Waals surface area contributed by atoms with Gasteiger partial charge >= 0.3 is 0 Å². The fraction of sp³-hybridized carbons (Fsp3) is 0.611. The molecule has 2 aromatic rings. The number of anilines is 1. The Balaban J connectivity index is 1.43. The van der Waals surface area contributed by atoms with Crippen LogP contribution in [0.25, 0.3) is 10.9 Å². The van der Waals surface area contributed by atoms with E-state index in [9.17, 15) is 0 Å². The van der Waals surface area contributed by atoms with Crippen LogP contribution in [0.5, 0.6) is 0 Å². The van der Waals surface area contributed by atoms with Crippen molar-refractivity contribution < 1.29 is 0 Å². The number of hydrogen-bond donors (Lipinski definition) is 3. The molecule has 1 aromatic carbocycles. The van der Waals surface area contributed by atoms with Gasteiger partial charge in [0.25, 0.3) is 0 Å². The van der Waals surface area contributed by atoms with Gasteiger partial charge in [-0.1, -0.05) is 19.8 Å². The average molecular weight is 300 g/mol. The van der Waals surface area contributed by atoms with Crippen molar-refractivity contribution in [1.29, 1.82) is 0 Å². The minimum Gasteiger partial charge on any atom is -0.382 e. The van der Waals surface area contributed by atoms with Gasteiger partial charge < -0.3 is 10.6 Å². The van der Waals surface area contributed by atoms with Gasteiger partial charge in [0, 0.05) is 23.2 Å². The number of aromatic amines is 1. The van der Waals surface area contributed by atoms with Crippen LogP contribution in [0, 0.1) is 0 Å². The molecule has 1 aliphatic rings. The predicted octanol–water partition coefficient (Wildman–Crippen LogP) is 4.07. The van der Waals surface area contributed by atoms with Gasteiger partial charge in [-0.3, -0.25) is 5.10 Å². The van der Waals surface area contributed by atoms with Crippen molar-refractivity contribution in [2.24, 2.45) is 0 Å². The first-order valence-corrected chi connectivity index (χ1v) is 8.78. The van der Waals surface area contributed by atoms with Crippen LogP contribution in [0.4, 0.5) is 5.69 Å². The molecule has 3 N–H and O–H groups in total. The molecule has 0 amide bonds. The van der Waals surface area contributed by atoms with Gasteiger partial charge in [-0.25, -0.2) is 0 Å². The van der Waals surface area contributed by atoms with Crippen molar-refractivity contribution in [1.82, 2.24) is 15.5 Å². The van der Waals surface area contributed by atoms with E-state index in [1.807, 2.05) is 6.20 Å². The van der Waals surface area contributed by atoms with Gasteiger partial charge in [0.15, 0.2) is 0 Å². The third-order valence-electron chi connectivity index (χ3n) is 4.75. The number of aromatic nitrogens is 2. The molecule has 0 saturated heterocycles. The van der Waals surface area contributed by atoms with E-state index >= 15 is 0 Å². The smallest absolute Gasteiger partial charge is 0.0651 e. The molecular weight excluding hydrogens is 272 g/mol. The van der Waals surface area contributed by atoms with Gasteiger partial charge in [0.1, 0.15) is 0 Å². The van der Waals surface area contributed by atoms with Gasteiger partial charge in [-0.05, 0) is 56.8 Å². The summed E-state index contributed by atoms with van der Waals surface area (Å²) in [7, 11) is 0. The lowest BCUT2D eigenvalue weighted by Gasteiger charge is -2.30. The Hall–Kier alpha value is -1.55. The predicted molar refractivity (Wildman–Crippen MR) is 93.3 cm³/mol. The molecule has 1 fully saturated rings. The third kappa shape index (κ3) is 4.01. The second kappa shape index (κ2) is 7.63. The first-order valence-electron chi connectivity index (χ1n) is 8.78. The van der Waals surface area contributed by atoms with Crippen LogP contribution in [0.3, 0.4) is 0 Å². The molecule has 0 radical (unpaired) electrons. The van der Waals surface area contributed by atoms with Gasteiger partial charge in [-0.2, -0.15) is 5.10 Å². The molecule has 1 saturated carbocycles. The lowest BCUT2D eigenvalue weighted by Crippen LogP contribution is -2.37. The number of rotatable bonds is 7. The Labute approximate surface area is 133 Å². The van der Waals surface area contributed by atoms with Crippen molar-refractivity contribution >= 4 is 16.6 Å². The quantitative estimate of drug-likeness (QED) is 0.676. The van der Waals surface area contributed by atoms with Crippen LogP contribution in [-0.2, 0) is 0 Å². The van der Waals surface area contributed by atoms with E-state index in [1.165, 1.54) is 62.6 Å². The van der Waals surface area contributed by atoms with E-state index in [0.717, 1.165) is 11.6 Å². The number of nitrogens with one attached hydrogen (secondary N) is 3. The Morgan fingerprint density at radius 3 is 2.77 bits per heavy atom. The zero-order valence-electron chi connectivity index (χ0n) is 13.6. The molecule has 4 heteroatoms. The lowest BCUT2D eigenvalue weighted by atomic mass is 9.91. The van der Waals surface area contributed by atoms with E-state index in [-0.39, 0.29) is 0 Å². The molecule has 0 atom stereocenters. The number of H-pyrrole nitrogens is 1. The maximum atomic E-state index is 4.08. The second-order valence-corrected chi connectivity index (χ2v) is 6.53. The Kier molecular flexibility index (Phi) is 5.33. The molecule has 0 unspecified atom stereocenters. The Morgan fingerprint density at radius 1 is 1.14 bits per heavy atom. The number of nitrogens with zero attached hydrogens (tertiary/aromatic N) is 1. The van der Waals surface area contributed by atoms with Gasteiger partial charge in [0.05, 0.1) is 11.7 Å². The maximum absolute atomic E-state index is 4.08. The first-order chi connectivity index (χ1) is 10.8. The highest BCUT2D eigenvalue weighted by Crippen LogP contribution is 2.24. The van der Waals surface area contributed by atoms with Crippen molar-refractivity contribution in [3.05, 3.63) is 24.4 Å². The van der Waals surface area contributed by atoms with E-state index in [2.05, 4.69) is 46.0 Å². The topological polar surface area (TPSA) is 52.7 Å². The third-order valence-corrected chi connectivity index (χ3v) is 4.75. The highest BCUT2D eigenvalue weighted by molar-refractivity contribution is 5.81. The number of unbranched alkanes of at least 4 members (excludes halogenated alkanes) is 2. The highest BCUT2D eigenvalue weighted by Gasteiger charge is 2.20. The van der Waals surface area contributed by atoms with Crippen LogP contribution in [0.1, 0.15) is 51.9 Å². The lowest BCUT2D eigenvalue weighted by molar-refractivity contribution is 0.352. The standard InChI is InChI=1S/C18H28N4/c1-2-3-4-11-19-15-5-7-16(8-6-15)21-17-9-10-18-14(12-17)13-20-22-18/h9-10,12-13,15-16,19,21H,2-8,11H2,1H3,(H,20,22)/t15-,16+. The molecule has 0 spiro atoms. The van der Waals surface area contributed by atoms with Crippen molar-refractivity contribution in [2.45, 2.75) is 64.0 Å². The average Bonchev–Trinajstić information content (AvgIpc) is 3.01. The molecule has 0 aliphatic heterocycles. The van der Waals surface area contributed by atoms with Crippen molar-refractivity contribution in [2.75, 3.05) is 11.9 Å². The molecule has 120 valence electrons. The molecule has 0 bridgehead atoms. The largest absolute Gasteiger partial charge is 0.382 e. The normalized spacial score (nSPS) is 22.0. The summed E-state index contributed by atoms with van der Waals surface area (Å²) in [4.78, 5) is 0. The number of fused-ring (bicyclic) bond motifs is 1. The Morgan fingerprint density at radius 2 is 1.95 bits per heavy atom. The van der Waals surface area contributed by atoms with Crippen LogP contribution in [0.2, 0.25) is 0 Å². The minimum atomic E-state index is 0.609. The molecule has 1 heterocycles. The summed E-state index contributed by atoms with van der Waals surface area (Å²) < 4.78 is 0. The highest BCUT2D eigenvalue weighted by atomic mass is 15.1. The van der Waals surface area contributed by atoms with E-state index in [4.69, 9.17) is 0 Å². The monoisotopic (exact) mass is 300 g/mol. The SMILES string of the molecule is CCCCCN[C@H]1CC[C@@H](Nc2ccc3[nH]ncc3c2)CC1. The zero-order valence-corrected chi connectivity index (χ0v) is 13.6. The Bertz CT molecular complexity index is 569. The number of hydrogen-bond acceptors (Lipinski definition) is 3. The fourth-order valence-corrected chi connectivity index (χ4v) is 3.39. The van der Waals surface area contributed by atoms with Gasteiger partial charge in [0.2, 0.25) is 0 Å². The first kappa shape index (κ1) is 15.3. The van der Waals surface area contributed by atoms with Crippen LogP contribution >= 0.6 is 0 Å². The van der Waals surface area contributed by atoms with Crippen molar-refractivity contribution in [3.8, 4) is 0 Å². The van der Waals surface area contributed by atoms with Crippen LogP contribution < -0.4 is 10.6 Å². The van der Waals surface area contributed by atoms with Gasteiger partial charge in [-0.15, -0.1) is 0 Å². The summed E-state index contributed by atoms with van der Waals surface area (Å²) in [5.41, 5.74) is 2.32.